The first-order valence-electron chi connectivity index (χ1n) is 24.0. The molecule has 6 heterocycles. The molecule has 0 N–H and O–H groups in total. The molecule has 0 aliphatic heterocycles. The number of pyridine rings is 2. The summed E-state index contributed by atoms with van der Waals surface area (Å²) in [6.07, 6.45) is 16.7. The SMILES string of the molecule is C#CCC/C=C(\C)n1c2ccc(-c3cccc(-c4ccc5c(c4)c4cc(-c6ccc7c(c6)oc6ccncc67)ccc4n5-c4ccccc4)c3)cc2c2cc(-c3ccc4c(c3)oc3ccncc34)ccc21. The van der Waals surface area contributed by atoms with Gasteiger partial charge in [0.15, 0.2) is 0 Å². The van der Waals surface area contributed by atoms with E-state index in [0.717, 1.165) is 128 Å². The fraction of sp³-hybridized carbons (Fsp3) is 0.0462. The molecule has 0 saturated carbocycles. The second-order valence-corrected chi connectivity index (χ2v) is 18.5. The van der Waals surface area contributed by atoms with Gasteiger partial charge in [0.1, 0.15) is 22.3 Å². The van der Waals surface area contributed by atoms with Gasteiger partial charge in [0.25, 0.3) is 0 Å². The maximum atomic E-state index is 6.29. The summed E-state index contributed by atoms with van der Waals surface area (Å²) in [6, 6.07) is 63.8. The molecule has 0 fully saturated rings. The Morgan fingerprint density at radius 2 is 0.901 bits per heavy atom. The Balaban J connectivity index is 0.886. The smallest absolute Gasteiger partial charge is 0.138 e. The van der Waals surface area contributed by atoms with Gasteiger partial charge in [0.2, 0.25) is 0 Å². The average Bonchev–Trinajstić information content (AvgIpc) is 4.17. The Kier molecular flexibility index (Phi) is 9.20. The van der Waals surface area contributed by atoms with Crippen LogP contribution in [-0.2, 0) is 0 Å². The third-order valence-corrected chi connectivity index (χ3v) is 14.4. The van der Waals surface area contributed by atoms with Crippen molar-refractivity contribution >= 4 is 93.2 Å². The number of hydrogen-bond donors (Lipinski definition) is 0. The lowest BCUT2D eigenvalue weighted by Crippen LogP contribution is -1.93. The normalized spacial score (nSPS) is 12.2. The lowest BCUT2D eigenvalue weighted by atomic mass is 9.96. The summed E-state index contributed by atoms with van der Waals surface area (Å²) in [5, 5.41) is 8.93. The molecule has 0 unspecified atom stereocenters. The molecule has 0 aliphatic carbocycles. The molecule has 6 nitrogen and oxygen atoms in total. The first-order valence-corrected chi connectivity index (χ1v) is 24.0. The van der Waals surface area contributed by atoms with Crippen molar-refractivity contribution in [3.63, 3.8) is 0 Å². The fourth-order valence-corrected chi connectivity index (χ4v) is 10.9. The van der Waals surface area contributed by atoms with Crippen LogP contribution in [0.5, 0.6) is 0 Å². The van der Waals surface area contributed by atoms with Crippen LogP contribution < -0.4 is 0 Å². The van der Waals surface area contributed by atoms with Crippen molar-refractivity contribution in [3.05, 3.63) is 207 Å². The number of unbranched alkanes of at least 4 members (excludes halogenated alkanes) is 1. The zero-order valence-corrected chi connectivity index (χ0v) is 38.7. The number of rotatable bonds is 8. The summed E-state index contributed by atoms with van der Waals surface area (Å²) in [7, 11) is 0. The molecule has 71 heavy (non-hydrogen) atoms. The topological polar surface area (TPSA) is 61.9 Å². The maximum absolute atomic E-state index is 6.29. The van der Waals surface area contributed by atoms with Gasteiger partial charge in [0.05, 0.1) is 22.1 Å². The fourth-order valence-electron chi connectivity index (χ4n) is 10.9. The van der Waals surface area contributed by atoms with Gasteiger partial charge in [-0.1, -0.05) is 78.9 Å². The molecule has 8 aromatic carbocycles. The van der Waals surface area contributed by atoms with Crippen molar-refractivity contribution in [2.75, 3.05) is 0 Å². The summed E-state index contributed by atoms with van der Waals surface area (Å²) in [5.41, 5.74) is 19.3. The van der Waals surface area contributed by atoms with Crippen LogP contribution in [0.3, 0.4) is 0 Å². The maximum Gasteiger partial charge on any atom is 0.138 e. The van der Waals surface area contributed by atoms with Crippen molar-refractivity contribution < 1.29 is 8.83 Å². The molecule has 0 bridgehead atoms. The lowest BCUT2D eigenvalue weighted by Gasteiger charge is -2.10. The highest BCUT2D eigenvalue weighted by Crippen LogP contribution is 2.42. The van der Waals surface area contributed by atoms with Crippen LogP contribution in [0.25, 0.3) is 143 Å². The van der Waals surface area contributed by atoms with Gasteiger partial charge < -0.3 is 18.0 Å². The number of furan rings is 2. The minimum absolute atomic E-state index is 0.696. The zero-order valence-electron chi connectivity index (χ0n) is 38.7. The van der Waals surface area contributed by atoms with Crippen molar-refractivity contribution in [1.29, 1.82) is 0 Å². The van der Waals surface area contributed by atoms with Gasteiger partial charge in [-0.05, 0) is 161 Å². The number of nitrogens with zero attached hydrogens (tertiary/aromatic N) is 4. The van der Waals surface area contributed by atoms with E-state index in [4.69, 9.17) is 15.3 Å². The molecule has 14 aromatic rings. The minimum Gasteiger partial charge on any atom is -0.456 e. The number of fused-ring (bicyclic) bond motifs is 12. The van der Waals surface area contributed by atoms with Crippen LogP contribution in [0.4, 0.5) is 0 Å². The Hall–Kier alpha value is -9.44. The van der Waals surface area contributed by atoms with E-state index < -0.39 is 0 Å². The monoisotopic (exact) mass is 910 g/mol. The van der Waals surface area contributed by atoms with Crippen LogP contribution in [0.15, 0.2) is 216 Å². The Labute approximate surface area is 408 Å². The average molecular weight is 911 g/mol. The summed E-state index contributed by atoms with van der Waals surface area (Å²) >= 11 is 0. The van der Waals surface area contributed by atoms with Crippen molar-refractivity contribution in [1.82, 2.24) is 19.1 Å². The van der Waals surface area contributed by atoms with E-state index in [0.29, 0.717) is 6.42 Å². The summed E-state index contributed by atoms with van der Waals surface area (Å²) in [6.45, 7) is 2.18. The molecule has 6 heteroatoms. The molecule has 0 aliphatic rings. The number of hydrogen-bond acceptors (Lipinski definition) is 4. The van der Waals surface area contributed by atoms with E-state index in [1.807, 2.05) is 24.5 Å². The molecule has 0 saturated heterocycles. The van der Waals surface area contributed by atoms with Crippen LogP contribution in [0, 0.1) is 12.3 Å². The van der Waals surface area contributed by atoms with Crippen molar-refractivity contribution in [2.45, 2.75) is 19.8 Å². The Morgan fingerprint density at radius 1 is 0.451 bits per heavy atom. The predicted molar refractivity (Wildman–Crippen MR) is 294 cm³/mol. The molecule has 0 amide bonds. The zero-order chi connectivity index (χ0) is 47.2. The predicted octanol–water partition coefficient (Wildman–Crippen LogP) is 17.4. The number of terminal acetylenes is 1. The number of aromatic nitrogens is 4. The quantitative estimate of drug-likeness (QED) is 0.113. The molecule has 334 valence electrons. The van der Waals surface area contributed by atoms with Gasteiger partial charge in [-0.3, -0.25) is 9.97 Å². The molecular formula is C65H42N4O2. The molecule has 6 aromatic heterocycles. The highest BCUT2D eigenvalue weighted by atomic mass is 16.3. The molecule has 14 rings (SSSR count). The van der Waals surface area contributed by atoms with Gasteiger partial charge in [-0.25, -0.2) is 0 Å². The molecule has 0 radical (unpaired) electrons. The standard InChI is InChI=1S/C65H42N4O2/c1-3-4-6-10-40(2)68-58-23-17-43(32-52(58)53-34-45(18-24-59(53)68)47-15-21-50-56-38-66-29-27-62(56)70-64(50)36-47)41-11-9-12-42(31-41)44-19-25-60-54(33-44)55-35-46(20-26-61(55)69(60)49-13-7-5-8-14-49)48-16-22-51-57-39-67-30-28-63(57)71-65(51)37-48/h1,5,7-39H,4,6H2,2H3/b40-10+. The number of para-hydroxylation sites is 1. The van der Waals surface area contributed by atoms with E-state index >= 15 is 0 Å². The highest BCUT2D eigenvalue weighted by Gasteiger charge is 2.19. The lowest BCUT2D eigenvalue weighted by molar-refractivity contribution is 0.668. The largest absolute Gasteiger partial charge is 0.456 e. The summed E-state index contributed by atoms with van der Waals surface area (Å²) in [4.78, 5) is 8.68. The van der Waals surface area contributed by atoms with Gasteiger partial charge >= 0.3 is 0 Å². The van der Waals surface area contributed by atoms with Crippen LogP contribution >= 0.6 is 0 Å². The van der Waals surface area contributed by atoms with Crippen LogP contribution in [-0.4, -0.2) is 19.1 Å². The second-order valence-electron chi connectivity index (χ2n) is 18.5. The highest BCUT2D eigenvalue weighted by molar-refractivity contribution is 6.14. The van der Waals surface area contributed by atoms with E-state index in [9.17, 15) is 0 Å². The molecule has 0 spiro atoms. The van der Waals surface area contributed by atoms with Gasteiger partial charge in [-0.15, -0.1) is 12.3 Å². The third-order valence-electron chi connectivity index (χ3n) is 14.4. The van der Waals surface area contributed by atoms with Crippen molar-refractivity contribution in [3.8, 4) is 62.5 Å². The number of benzene rings is 8. The van der Waals surface area contributed by atoms with Gasteiger partial charge in [-0.2, -0.15) is 0 Å². The first-order chi connectivity index (χ1) is 35.0. The molecular weight excluding hydrogens is 869 g/mol. The van der Waals surface area contributed by atoms with Crippen LogP contribution in [0.2, 0.25) is 0 Å². The van der Waals surface area contributed by atoms with E-state index in [-0.39, 0.29) is 0 Å². The number of allylic oxidation sites excluding steroid dienone is 2. The van der Waals surface area contributed by atoms with Crippen LogP contribution in [0.1, 0.15) is 19.8 Å². The summed E-state index contributed by atoms with van der Waals surface area (Å²) in [5.74, 6) is 2.80. The van der Waals surface area contributed by atoms with Gasteiger partial charge in [0, 0.05) is 85.7 Å². The second kappa shape index (κ2) is 16.1. The first kappa shape index (κ1) is 40.6. The third kappa shape index (κ3) is 6.59. The van der Waals surface area contributed by atoms with E-state index in [1.54, 1.807) is 12.4 Å². The van der Waals surface area contributed by atoms with E-state index in [1.165, 1.54) is 21.5 Å². The Morgan fingerprint density at radius 3 is 1.41 bits per heavy atom. The minimum atomic E-state index is 0.696. The van der Waals surface area contributed by atoms with Crippen molar-refractivity contribution in [2.24, 2.45) is 0 Å². The van der Waals surface area contributed by atoms with E-state index in [2.05, 4.69) is 202 Å². The Bertz CT molecular complexity index is 4550. The summed E-state index contributed by atoms with van der Waals surface area (Å²) < 4.78 is 17.3. The molecule has 0 atom stereocenters.